The van der Waals surface area contributed by atoms with E-state index in [1.807, 2.05) is 0 Å². The van der Waals surface area contributed by atoms with Gasteiger partial charge in [-0.15, -0.1) is 0 Å². The second-order valence-electron chi connectivity index (χ2n) is 23.1. The van der Waals surface area contributed by atoms with Crippen LogP contribution in [-0.2, 0) is 28.6 Å². The van der Waals surface area contributed by atoms with Crippen LogP contribution in [0.5, 0.6) is 0 Å². The Labute approximate surface area is 491 Å². The molecule has 0 spiro atoms. The Balaban J connectivity index is 4.26. The summed E-state index contributed by atoms with van der Waals surface area (Å²) in [5.41, 5.74) is 0. The third kappa shape index (κ3) is 65.5. The van der Waals surface area contributed by atoms with E-state index in [-0.39, 0.29) is 31.1 Å². The lowest BCUT2D eigenvalue weighted by Gasteiger charge is -2.18. The van der Waals surface area contributed by atoms with Crippen LogP contribution in [0.2, 0.25) is 0 Å². The average Bonchev–Trinajstić information content (AvgIpc) is 3.45. The van der Waals surface area contributed by atoms with Crippen molar-refractivity contribution in [3.05, 3.63) is 72.9 Å². The summed E-state index contributed by atoms with van der Waals surface area (Å²) in [7, 11) is 0. The molecule has 0 rings (SSSR count). The van der Waals surface area contributed by atoms with Crippen LogP contribution in [0.1, 0.15) is 355 Å². The minimum Gasteiger partial charge on any atom is -0.462 e. The Morgan fingerprint density at radius 2 is 0.456 bits per heavy atom. The number of allylic oxidation sites excluding steroid dienone is 12. The van der Waals surface area contributed by atoms with Crippen LogP contribution < -0.4 is 0 Å². The van der Waals surface area contributed by atoms with Gasteiger partial charge in [0.05, 0.1) is 0 Å². The summed E-state index contributed by atoms with van der Waals surface area (Å²) in [5, 5.41) is 0. The highest BCUT2D eigenvalue weighted by molar-refractivity contribution is 5.71. The normalized spacial score (nSPS) is 12.5. The minimum absolute atomic E-state index is 0.0831. The molecular formula is C73H130O6. The lowest BCUT2D eigenvalue weighted by atomic mass is 10.0. The molecule has 0 saturated carbocycles. The van der Waals surface area contributed by atoms with E-state index in [1.165, 1.54) is 205 Å². The van der Waals surface area contributed by atoms with Crippen molar-refractivity contribution < 1.29 is 28.6 Å². The molecule has 0 aliphatic heterocycles. The molecular weight excluding hydrogens is 973 g/mol. The topological polar surface area (TPSA) is 78.9 Å². The number of rotatable bonds is 63. The third-order valence-corrected chi connectivity index (χ3v) is 15.2. The SMILES string of the molecule is CCCCCC/C=C\C/C=C\CCCCCCCC(=O)OCC(COC(=O)CCCCCCCCCCCCCCCCCCC/C=C\C/C=C\CCCCCCC)OC(=O)CCCCCCC/C=C\C/C=C\CCCCCC. The number of carbonyl (C=O) groups excluding carboxylic acids is 3. The molecule has 0 aromatic heterocycles. The zero-order valence-corrected chi connectivity index (χ0v) is 52.6. The van der Waals surface area contributed by atoms with Gasteiger partial charge in [0, 0.05) is 19.3 Å². The lowest BCUT2D eigenvalue weighted by molar-refractivity contribution is -0.167. The number of carbonyl (C=O) groups is 3. The standard InChI is InChI=1S/C73H130O6/c1-4-7-10-13-16-19-22-25-28-31-32-33-34-35-36-37-38-39-40-41-42-43-46-48-51-54-57-60-63-66-72(75)78-69-70(79-73(76)67-64-61-58-55-52-49-45-30-27-24-21-18-15-12-9-6-3)68-77-71(74)65-62-59-56-53-50-47-44-29-26-23-20-17-14-11-8-5-2/h20-25,29-32,44-45,70H,4-19,26-28,33-43,46-69H2,1-3H3/b23-20-,24-21-,25-22-,32-31-,44-29-,45-30-. The molecule has 0 aliphatic carbocycles. The quantitative estimate of drug-likeness (QED) is 0.0261. The maximum Gasteiger partial charge on any atom is 0.306 e. The molecule has 0 N–H and O–H groups in total. The van der Waals surface area contributed by atoms with Gasteiger partial charge < -0.3 is 14.2 Å². The van der Waals surface area contributed by atoms with Crippen LogP contribution in [0, 0.1) is 0 Å². The van der Waals surface area contributed by atoms with Crippen LogP contribution in [0.25, 0.3) is 0 Å². The van der Waals surface area contributed by atoms with Crippen molar-refractivity contribution in [2.45, 2.75) is 361 Å². The summed E-state index contributed by atoms with van der Waals surface area (Å²) < 4.78 is 16.9. The van der Waals surface area contributed by atoms with E-state index in [9.17, 15) is 14.4 Å². The van der Waals surface area contributed by atoms with Gasteiger partial charge in [-0.3, -0.25) is 14.4 Å². The van der Waals surface area contributed by atoms with E-state index in [0.717, 1.165) is 109 Å². The largest absolute Gasteiger partial charge is 0.462 e. The Kier molecular flexibility index (Phi) is 64.7. The predicted molar refractivity (Wildman–Crippen MR) is 344 cm³/mol. The van der Waals surface area contributed by atoms with Crippen molar-refractivity contribution in [3.8, 4) is 0 Å². The Morgan fingerprint density at radius 3 is 0.709 bits per heavy atom. The monoisotopic (exact) mass is 1100 g/mol. The molecule has 6 heteroatoms. The summed E-state index contributed by atoms with van der Waals surface area (Å²) in [5.74, 6) is -0.894. The first kappa shape index (κ1) is 75.8. The summed E-state index contributed by atoms with van der Waals surface area (Å²) in [6, 6.07) is 0. The molecule has 1 unspecified atom stereocenters. The van der Waals surface area contributed by atoms with Crippen molar-refractivity contribution in [2.24, 2.45) is 0 Å². The Hall–Kier alpha value is -3.15. The molecule has 0 saturated heterocycles. The second kappa shape index (κ2) is 67.4. The molecule has 458 valence electrons. The van der Waals surface area contributed by atoms with Gasteiger partial charge in [-0.1, -0.05) is 293 Å². The number of esters is 3. The predicted octanol–water partition coefficient (Wildman–Crippen LogP) is 23.7. The van der Waals surface area contributed by atoms with E-state index in [4.69, 9.17) is 14.2 Å². The van der Waals surface area contributed by atoms with Crippen LogP contribution in [0.3, 0.4) is 0 Å². The molecule has 6 nitrogen and oxygen atoms in total. The van der Waals surface area contributed by atoms with E-state index in [0.29, 0.717) is 19.3 Å². The minimum atomic E-state index is -0.789. The molecule has 0 radical (unpaired) electrons. The number of hydrogen-bond donors (Lipinski definition) is 0. The van der Waals surface area contributed by atoms with Crippen LogP contribution in [-0.4, -0.2) is 37.2 Å². The Bertz CT molecular complexity index is 1450. The van der Waals surface area contributed by atoms with E-state index < -0.39 is 6.10 Å². The third-order valence-electron chi connectivity index (χ3n) is 15.2. The molecule has 0 amide bonds. The number of unbranched alkanes of at least 4 members (excludes halogenated alkanes) is 40. The molecule has 0 fully saturated rings. The second-order valence-corrected chi connectivity index (χ2v) is 23.1. The fourth-order valence-electron chi connectivity index (χ4n) is 9.95. The van der Waals surface area contributed by atoms with Crippen molar-refractivity contribution in [1.29, 1.82) is 0 Å². The highest BCUT2D eigenvalue weighted by atomic mass is 16.6. The fraction of sp³-hybridized carbons (Fsp3) is 0.795. The van der Waals surface area contributed by atoms with Crippen LogP contribution in [0.4, 0.5) is 0 Å². The van der Waals surface area contributed by atoms with Crippen LogP contribution in [0.15, 0.2) is 72.9 Å². The molecule has 0 heterocycles. The maximum absolute atomic E-state index is 12.9. The van der Waals surface area contributed by atoms with Gasteiger partial charge in [0.25, 0.3) is 0 Å². The highest BCUT2D eigenvalue weighted by Gasteiger charge is 2.19. The average molecular weight is 1100 g/mol. The lowest BCUT2D eigenvalue weighted by Crippen LogP contribution is -2.30. The van der Waals surface area contributed by atoms with Crippen molar-refractivity contribution in [3.63, 3.8) is 0 Å². The van der Waals surface area contributed by atoms with Crippen molar-refractivity contribution in [1.82, 2.24) is 0 Å². The first-order valence-corrected chi connectivity index (χ1v) is 34.4. The molecule has 0 aliphatic rings. The van der Waals surface area contributed by atoms with E-state index >= 15 is 0 Å². The number of hydrogen-bond acceptors (Lipinski definition) is 6. The molecule has 79 heavy (non-hydrogen) atoms. The fourth-order valence-corrected chi connectivity index (χ4v) is 9.95. The molecule has 0 bridgehead atoms. The molecule has 0 aromatic rings. The summed E-state index contributed by atoms with van der Waals surface area (Å²) >= 11 is 0. The van der Waals surface area contributed by atoms with Crippen molar-refractivity contribution >= 4 is 17.9 Å². The zero-order valence-electron chi connectivity index (χ0n) is 52.6. The van der Waals surface area contributed by atoms with Gasteiger partial charge in [0.15, 0.2) is 6.10 Å². The van der Waals surface area contributed by atoms with E-state index in [2.05, 4.69) is 93.7 Å². The van der Waals surface area contributed by atoms with Crippen molar-refractivity contribution in [2.75, 3.05) is 13.2 Å². The smallest absolute Gasteiger partial charge is 0.306 e. The van der Waals surface area contributed by atoms with Crippen LogP contribution >= 0.6 is 0 Å². The molecule has 1 atom stereocenters. The summed E-state index contributed by atoms with van der Waals surface area (Å²) in [6.07, 6.45) is 87.8. The van der Waals surface area contributed by atoms with Gasteiger partial charge in [-0.2, -0.15) is 0 Å². The Morgan fingerprint density at radius 1 is 0.253 bits per heavy atom. The van der Waals surface area contributed by atoms with Gasteiger partial charge in [0.2, 0.25) is 0 Å². The molecule has 0 aromatic carbocycles. The zero-order chi connectivity index (χ0) is 57.1. The van der Waals surface area contributed by atoms with Gasteiger partial charge >= 0.3 is 17.9 Å². The summed E-state index contributed by atoms with van der Waals surface area (Å²) in [4.78, 5) is 38.4. The first-order chi connectivity index (χ1) is 39.0. The van der Waals surface area contributed by atoms with Gasteiger partial charge in [-0.25, -0.2) is 0 Å². The maximum atomic E-state index is 12.9. The first-order valence-electron chi connectivity index (χ1n) is 34.4. The highest BCUT2D eigenvalue weighted by Crippen LogP contribution is 2.17. The van der Waals surface area contributed by atoms with Gasteiger partial charge in [0.1, 0.15) is 13.2 Å². The van der Waals surface area contributed by atoms with E-state index in [1.54, 1.807) is 0 Å². The van der Waals surface area contributed by atoms with Gasteiger partial charge in [-0.05, 0) is 116 Å². The number of ether oxygens (including phenoxy) is 3. The summed E-state index contributed by atoms with van der Waals surface area (Å²) in [6.45, 7) is 6.62.